The Labute approximate surface area is 243 Å². The molecule has 3 aromatic heterocycles. The standard InChI is InChI=1S/C29H33ClN6O5/c1-8-41-28(38)24-22(25(16(2)3)36(34-24)21-14-31-29(40-7)33-26(21)39-6)23(18-9-11-19(30)12-10-18)32-20-13-17(4)15-35(5)27(20)37/h9-16,23,32H,8H2,1-7H3. The predicted octanol–water partition coefficient (Wildman–Crippen LogP) is 4.84. The minimum atomic E-state index is -0.697. The van der Waals surface area contributed by atoms with Gasteiger partial charge in [-0.05, 0) is 49.1 Å². The number of anilines is 1. The van der Waals surface area contributed by atoms with Crippen LogP contribution in [0.1, 0.15) is 65.6 Å². The molecule has 1 atom stereocenters. The zero-order chi connectivity index (χ0) is 29.8. The van der Waals surface area contributed by atoms with Crippen LogP contribution in [0.4, 0.5) is 5.69 Å². The van der Waals surface area contributed by atoms with Crippen LogP contribution in [0.2, 0.25) is 5.02 Å². The molecule has 0 saturated heterocycles. The van der Waals surface area contributed by atoms with Gasteiger partial charge in [0.15, 0.2) is 5.69 Å². The number of aromatic nitrogens is 5. The molecule has 4 aromatic rings. The van der Waals surface area contributed by atoms with Crippen LogP contribution in [-0.2, 0) is 11.8 Å². The van der Waals surface area contributed by atoms with E-state index in [1.165, 1.54) is 25.0 Å². The number of aryl methyl sites for hydroxylation is 2. The van der Waals surface area contributed by atoms with Crippen molar-refractivity contribution < 1.29 is 19.0 Å². The van der Waals surface area contributed by atoms with Crippen molar-refractivity contribution in [3.05, 3.63) is 86.2 Å². The summed E-state index contributed by atoms with van der Waals surface area (Å²) in [5.74, 6) is -0.578. The van der Waals surface area contributed by atoms with E-state index < -0.39 is 12.0 Å². The number of halogens is 1. The Hall–Kier alpha value is -4.38. The Morgan fingerprint density at radius 1 is 1.15 bits per heavy atom. The molecule has 0 aliphatic heterocycles. The molecule has 4 rings (SSSR count). The fourth-order valence-electron chi connectivity index (χ4n) is 4.67. The number of nitrogens with zero attached hydrogens (tertiary/aromatic N) is 5. The number of hydrogen-bond donors (Lipinski definition) is 1. The van der Waals surface area contributed by atoms with Crippen molar-refractivity contribution >= 4 is 23.3 Å². The molecule has 0 fully saturated rings. The minimum Gasteiger partial charge on any atom is -0.479 e. The lowest BCUT2D eigenvalue weighted by Crippen LogP contribution is -2.25. The second-order valence-electron chi connectivity index (χ2n) is 9.66. The largest absolute Gasteiger partial charge is 0.479 e. The summed E-state index contributed by atoms with van der Waals surface area (Å²) < 4.78 is 19.3. The van der Waals surface area contributed by atoms with Gasteiger partial charge in [-0.1, -0.05) is 37.6 Å². The highest BCUT2D eigenvalue weighted by Gasteiger charge is 2.34. The number of pyridine rings is 1. The molecule has 0 amide bonds. The van der Waals surface area contributed by atoms with E-state index in [1.807, 2.05) is 32.9 Å². The number of carbonyl (C=O) groups excluding carboxylic acids is 1. The summed E-state index contributed by atoms with van der Waals surface area (Å²) in [6, 6.07) is 8.38. The third-order valence-corrected chi connectivity index (χ3v) is 6.66. The second kappa shape index (κ2) is 12.4. The van der Waals surface area contributed by atoms with Crippen LogP contribution in [0.15, 0.2) is 47.5 Å². The Kier molecular flexibility index (Phi) is 8.97. The van der Waals surface area contributed by atoms with Crippen LogP contribution in [-0.4, -0.2) is 51.1 Å². The number of benzene rings is 1. The maximum absolute atomic E-state index is 13.5. The molecule has 1 N–H and O–H groups in total. The third kappa shape index (κ3) is 6.04. The molecule has 0 aliphatic carbocycles. The van der Waals surface area contributed by atoms with Crippen LogP contribution in [0, 0.1) is 6.92 Å². The van der Waals surface area contributed by atoms with E-state index in [0.717, 1.165) is 11.1 Å². The molecule has 3 heterocycles. The van der Waals surface area contributed by atoms with Crippen LogP contribution >= 0.6 is 11.6 Å². The number of carbonyl (C=O) groups is 1. The summed E-state index contributed by atoms with van der Waals surface area (Å²) in [5, 5.41) is 8.69. The Balaban J connectivity index is 2.07. The zero-order valence-electron chi connectivity index (χ0n) is 24.1. The molecule has 0 spiro atoms. The lowest BCUT2D eigenvalue weighted by atomic mass is 9.92. The first-order valence-electron chi connectivity index (χ1n) is 13.0. The van der Waals surface area contributed by atoms with Gasteiger partial charge in [0.1, 0.15) is 11.4 Å². The highest BCUT2D eigenvalue weighted by atomic mass is 35.5. The van der Waals surface area contributed by atoms with Crippen molar-refractivity contribution in [2.75, 3.05) is 26.1 Å². The normalized spacial score (nSPS) is 11.8. The zero-order valence-corrected chi connectivity index (χ0v) is 24.8. The van der Waals surface area contributed by atoms with E-state index in [1.54, 1.807) is 43.0 Å². The highest BCUT2D eigenvalue weighted by molar-refractivity contribution is 6.30. The van der Waals surface area contributed by atoms with Gasteiger partial charge in [0, 0.05) is 23.8 Å². The van der Waals surface area contributed by atoms with Gasteiger partial charge in [-0.25, -0.2) is 14.5 Å². The van der Waals surface area contributed by atoms with Gasteiger partial charge in [0.2, 0.25) is 5.88 Å². The van der Waals surface area contributed by atoms with Crippen molar-refractivity contribution in [1.82, 2.24) is 24.3 Å². The summed E-state index contributed by atoms with van der Waals surface area (Å²) in [4.78, 5) is 35.2. The number of esters is 1. The fraction of sp³-hybridized carbons (Fsp3) is 0.345. The first kappa shape index (κ1) is 29.6. The Bertz CT molecular complexity index is 1610. The third-order valence-electron chi connectivity index (χ3n) is 6.40. The van der Waals surface area contributed by atoms with Gasteiger partial charge in [0.05, 0.1) is 38.8 Å². The molecule has 11 nitrogen and oxygen atoms in total. The molecule has 0 saturated carbocycles. The van der Waals surface area contributed by atoms with Gasteiger partial charge >= 0.3 is 12.0 Å². The predicted molar refractivity (Wildman–Crippen MR) is 156 cm³/mol. The molecule has 12 heteroatoms. The molecule has 216 valence electrons. The monoisotopic (exact) mass is 580 g/mol. The van der Waals surface area contributed by atoms with Gasteiger partial charge in [-0.2, -0.15) is 10.1 Å². The molecule has 0 radical (unpaired) electrons. The first-order valence-corrected chi connectivity index (χ1v) is 13.4. The van der Waals surface area contributed by atoms with Gasteiger partial charge in [0.25, 0.3) is 5.56 Å². The van der Waals surface area contributed by atoms with E-state index in [-0.39, 0.29) is 35.7 Å². The Morgan fingerprint density at radius 2 is 1.85 bits per heavy atom. The number of nitrogens with one attached hydrogen (secondary N) is 1. The van der Waals surface area contributed by atoms with E-state index >= 15 is 0 Å². The van der Waals surface area contributed by atoms with Crippen LogP contribution < -0.4 is 20.3 Å². The van der Waals surface area contributed by atoms with E-state index in [0.29, 0.717) is 27.7 Å². The van der Waals surface area contributed by atoms with E-state index in [2.05, 4.69) is 15.3 Å². The number of rotatable bonds is 10. The van der Waals surface area contributed by atoms with Crippen LogP contribution in [0.3, 0.4) is 0 Å². The van der Waals surface area contributed by atoms with Crippen molar-refractivity contribution in [2.24, 2.45) is 7.05 Å². The smallest absolute Gasteiger partial charge is 0.359 e. The van der Waals surface area contributed by atoms with Crippen LogP contribution in [0.5, 0.6) is 11.9 Å². The van der Waals surface area contributed by atoms with Crippen molar-refractivity contribution in [2.45, 2.75) is 39.7 Å². The maximum Gasteiger partial charge on any atom is 0.359 e. The topological polar surface area (TPSA) is 122 Å². The van der Waals surface area contributed by atoms with Gasteiger partial charge < -0.3 is 24.1 Å². The number of methoxy groups -OCH3 is 2. The second-order valence-corrected chi connectivity index (χ2v) is 10.1. The van der Waals surface area contributed by atoms with Gasteiger partial charge in [-0.15, -0.1) is 0 Å². The van der Waals surface area contributed by atoms with Crippen molar-refractivity contribution in [1.29, 1.82) is 0 Å². The quantitative estimate of drug-likeness (QED) is 0.262. The van der Waals surface area contributed by atoms with E-state index in [4.69, 9.17) is 30.9 Å². The molecular weight excluding hydrogens is 548 g/mol. The molecule has 0 bridgehead atoms. The number of ether oxygens (including phenoxy) is 3. The Morgan fingerprint density at radius 3 is 2.46 bits per heavy atom. The average Bonchev–Trinajstić information content (AvgIpc) is 3.35. The lowest BCUT2D eigenvalue weighted by Gasteiger charge is -2.24. The summed E-state index contributed by atoms with van der Waals surface area (Å²) in [5.41, 5.74) is 3.43. The lowest BCUT2D eigenvalue weighted by molar-refractivity contribution is 0.0517. The first-order chi connectivity index (χ1) is 19.6. The highest BCUT2D eigenvalue weighted by Crippen LogP contribution is 2.38. The molecule has 1 unspecified atom stereocenters. The number of hydrogen-bond acceptors (Lipinski definition) is 9. The van der Waals surface area contributed by atoms with Crippen molar-refractivity contribution in [3.63, 3.8) is 0 Å². The van der Waals surface area contributed by atoms with E-state index in [9.17, 15) is 9.59 Å². The summed E-state index contributed by atoms with van der Waals surface area (Å²) in [6.45, 7) is 7.73. The van der Waals surface area contributed by atoms with Crippen LogP contribution in [0.25, 0.3) is 5.69 Å². The van der Waals surface area contributed by atoms with Crippen molar-refractivity contribution in [3.8, 4) is 17.6 Å². The SMILES string of the molecule is CCOC(=O)c1nn(-c2cnc(OC)nc2OC)c(C(C)C)c1C(Nc1cc(C)cn(C)c1=O)c1ccc(Cl)cc1. The molecule has 1 aromatic carbocycles. The molecule has 41 heavy (non-hydrogen) atoms. The summed E-state index contributed by atoms with van der Waals surface area (Å²) >= 11 is 6.23. The molecule has 0 aliphatic rings. The summed E-state index contributed by atoms with van der Waals surface area (Å²) in [7, 11) is 4.62. The fourth-order valence-corrected chi connectivity index (χ4v) is 4.80. The minimum absolute atomic E-state index is 0.0744. The molecular formula is C29H33ClN6O5. The van der Waals surface area contributed by atoms with Gasteiger partial charge in [-0.3, -0.25) is 4.79 Å². The average molecular weight is 581 g/mol. The summed E-state index contributed by atoms with van der Waals surface area (Å²) in [6.07, 6.45) is 3.27. The maximum atomic E-state index is 13.5.